The number of likely N-dealkylation sites (tertiary alicyclic amines) is 1. The van der Waals surface area contributed by atoms with Gasteiger partial charge in [0.2, 0.25) is 0 Å². The van der Waals surface area contributed by atoms with Gasteiger partial charge < -0.3 is 19.5 Å². The third-order valence-corrected chi connectivity index (χ3v) is 6.14. The first-order valence-corrected chi connectivity index (χ1v) is 10.2. The van der Waals surface area contributed by atoms with Crippen LogP contribution in [0.3, 0.4) is 0 Å². The molecule has 2 aromatic rings. The van der Waals surface area contributed by atoms with Gasteiger partial charge in [0.25, 0.3) is 0 Å². The summed E-state index contributed by atoms with van der Waals surface area (Å²) in [5.41, 5.74) is 0.829. The number of rotatable bonds is 6. The second-order valence-electron chi connectivity index (χ2n) is 7.42. The first kappa shape index (κ1) is 19.8. The number of ether oxygens (including phenoxy) is 2. The van der Waals surface area contributed by atoms with Crippen molar-refractivity contribution in [3.05, 3.63) is 64.4 Å². The van der Waals surface area contributed by atoms with Gasteiger partial charge in [-0.05, 0) is 40.0 Å². The van der Waals surface area contributed by atoms with Gasteiger partial charge >= 0.3 is 12.1 Å². The Kier molecular flexibility index (Phi) is 5.56. The largest absolute Gasteiger partial charge is 0.480 e. The molecule has 1 aromatic heterocycles. The second kappa shape index (κ2) is 8.12. The fourth-order valence-electron chi connectivity index (χ4n) is 4.37. The molecular formula is C21H21BrN2O5. The van der Waals surface area contributed by atoms with Gasteiger partial charge in [-0.3, -0.25) is 4.98 Å². The molecule has 1 aliphatic carbocycles. The zero-order valence-electron chi connectivity index (χ0n) is 15.7. The molecule has 7 nitrogen and oxygen atoms in total. The van der Waals surface area contributed by atoms with Crippen molar-refractivity contribution >= 4 is 28.0 Å². The lowest BCUT2D eigenvalue weighted by molar-refractivity contribution is -0.157. The summed E-state index contributed by atoms with van der Waals surface area (Å²) < 4.78 is 12.2. The maximum Gasteiger partial charge on any atom is 0.410 e. The van der Waals surface area contributed by atoms with E-state index >= 15 is 0 Å². The molecule has 2 fully saturated rings. The van der Waals surface area contributed by atoms with E-state index in [9.17, 15) is 9.59 Å². The van der Waals surface area contributed by atoms with Gasteiger partial charge in [-0.2, -0.15) is 0 Å². The van der Waals surface area contributed by atoms with Gasteiger partial charge in [0.15, 0.2) is 0 Å². The Labute approximate surface area is 176 Å². The average Bonchev–Trinajstić information content (AvgIpc) is 3.31. The van der Waals surface area contributed by atoms with Crippen LogP contribution < -0.4 is 0 Å². The van der Waals surface area contributed by atoms with E-state index in [-0.39, 0.29) is 24.7 Å². The molecule has 3 atom stereocenters. The lowest BCUT2D eigenvalue weighted by atomic mass is 9.85. The summed E-state index contributed by atoms with van der Waals surface area (Å²) in [7, 11) is 0. The minimum atomic E-state index is -1.02. The zero-order valence-corrected chi connectivity index (χ0v) is 17.2. The first-order chi connectivity index (χ1) is 14.0. The molecule has 2 aliphatic rings. The maximum atomic E-state index is 12.6. The van der Waals surface area contributed by atoms with Crippen molar-refractivity contribution in [2.75, 3.05) is 13.2 Å². The Balaban J connectivity index is 1.47. The molecule has 1 saturated heterocycles. The average molecular weight is 461 g/mol. The van der Waals surface area contributed by atoms with Gasteiger partial charge in [-0.15, -0.1) is 0 Å². The number of nitrogens with zero attached hydrogens (tertiary/aromatic N) is 2. The summed E-state index contributed by atoms with van der Waals surface area (Å²) >= 11 is 3.37. The van der Waals surface area contributed by atoms with Gasteiger partial charge in [-0.1, -0.05) is 30.3 Å². The monoisotopic (exact) mass is 460 g/mol. The van der Waals surface area contributed by atoms with Crippen LogP contribution >= 0.6 is 15.9 Å². The molecule has 152 valence electrons. The van der Waals surface area contributed by atoms with Gasteiger partial charge in [0, 0.05) is 35.6 Å². The molecule has 1 amide bonds. The normalized spacial score (nSPS) is 25.2. The van der Waals surface area contributed by atoms with Crippen molar-refractivity contribution in [3.8, 4) is 0 Å². The van der Waals surface area contributed by atoms with Crippen molar-refractivity contribution in [2.24, 2.45) is 5.92 Å². The highest BCUT2D eigenvalue weighted by molar-refractivity contribution is 9.10. The van der Waals surface area contributed by atoms with E-state index in [0.29, 0.717) is 18.7 Å². The fourth-order valence-corrected chi connectivity index (χ4v) is 4.61. The number of piperidine rings is 1. The van der Waals surface area contributed by atoms with Crippen LogP contribution in [-0.4, -0.2) is 46.2 Å². The highest BCUT2D eigenvalue weighted by Gasteiger charge is 2.58. The van der Waals surface area contributed by atoms with Crippen LogP contribution in [0.1, 0.15) is 24.1 Å². The molecule has 1 N–H and O–H groups in total. The molecule has 3 unspecified atom stereocenters. The standard InChI is InChI=1S/C21H21BrN2O5/c22-16-6-7-18(23-10-16)21(29-13-19(25)26)9-17-8-15(21)11-24(17)20(27)28-12-14-4-2-1-3-5-14/h1-7,10,15,17H,8-9,11-13H2,(H,25,26). The lowest BCUT2D eigenvalue weighted by Gasteiger charge is -2.40. The van der Waals surface area contributed by atoms with Crippen molar-refractivity contribution in [1.29, 1.82) is 0 Å². The molecule has 2 bridgehead atoms. The van der Waals surface area contributed by atoms with E-state index in [4.69, 9.17) is 14.6 Å². The number of aliphatic carboxylic acids is 1. The smallest absolute Gasteiger partial charge is 0.410 e. The number of fused-ring (bicyclic) bond motifs is 2. The van der Waals surface area contributed by atoms with Crippen LogP contribution in [0, 0.1) is 5.92 Å². The predicted octanol–water partition coefficient (Wildman–Crippen LogP) is 3.57. The minimum absolute atomic E-state index is 0.0372. The third-order valence-electron chi connectivity index (χ3n) is 5.67. The number of amides is 1. The van der Waals surface area contributed by atoms with Crippen LogP contribution in [0.4, 0.5) is 4.79 Å². The summed E-state index contributed by atoms with van der Waals surface area (Å²) in [5, 5.41) is 9.13. The summed E-state index contributed by atoms with van der Waals surface area (Å²) in [4.78, 5) is 30.0. The Morgan fingerprint density at radius 3 is 2.66 bits per heavy atom. The molecule has 8 heteroatoms. The number of hydrogen-bond acceptors (Lipinski definition) is 5. The summed E-state index contributed by atoms with van der Waals surface area (Å²) in [6.07, 6.45) is 2.56. The number of benzene rings is 1. The fraction of sp³-hybridized carbons (Fsp3) is 0.381. The minimum Gasteiger partial charge on any atom is -0.480 e. The number of halogens is 1. The Morgan fingerprint density at radius 2 is 2.03 bits per heavy atom. The van der Waals surface area contributed by atoms with Crippen LogP contribution in [0.2, 0.25) is 0 Å². The molecule has 0 radical (unpaired) electrons. The number of carboxylic acids is 1. The first-order valence-electron chi connectivity index (χ1n) is 9.43. The van der Waals surface area contributed by atoms with Gasteiger partial charge in [0.05, 0.1) is 5.69 Å². The van der Waals surface area contributed by atoms with Crippen molar-refractivity contribution < 1.29 is 24.2 Å². The summed E-state index contributed by atoms with van der Waals surface area (Å²) in [5.74, 6) is -1.06. The van der Waals surface area contributed by atoms with Gasteiger partial charge in [-0.25, -0.2) is 9.59 Å². The highest BCUT2D eigenvalue weighted by atomic mass is 79.9. The van der Waals surface area contributed by atoms with Crippen LogP contribution in [-0.2, 0) is 26.5 Å². The van der Waals surface area contributed by atoms with E-state index in [1.807, 2.05) is 42.5 Å². The lowest BCUT2D eigenvalue weighted by Crippen LogP contribution is -2.48. The van der Waals surface area contributed by atoms with Crippen molar-refractivity contribution in [1.82, 2.24) is 9.88 Å². The van der Waals surface area contributed by atoms with Crippen molar-refractivity contribution in [2.45, 2.75) is 31.1 Å². The predicted molar refractivity (Wildman–Crippen MR) is 107 cm³/mol. The number of hydrogen-bond donors (Lipinski definition) is 1. The number of carbonyl (C=O) groups excluding carboxylic acids is 1. The molecule has 2 heterocycles. The quantitative estimate of drug-likeness (QED) is 0.708. The second-order valence-corrected chi connectivity index (χ2v) is 8.33. The van der Waals surface area contributed by atoms with E-state index in [0.717, 1.165) is 16.5 Å². The molecule has 4 rings (SSSR count). The van der Waals surface area contributed by atoms with E-state index < -0.39 is 18.2 Å². The molecule has 29 heavy (non-hydrogen) atoms. The molecular weight excluding hydrogens is 440 g/mol. The Hall–Kier alpha value is -2.45. The van der Waals surface area contributed by atoms with Crippen molar-refractivity contribution in [3.63, 3.8) is 0 Å². The van der Waals surface area contributed by atoms with Gasteiger partial charge in [0.1, 0.15) is 18.8 Å². The topological polar surface area (TPSA) is 89.0 Å². The summed E-state index contributed by atoms with van der Waals surface area (Å²) in [6, 6.07) is 13.2. The Morgan fingerprint density at radius 1 is 1.24 bits per heavy atom. The maximum absolute atomic E-state index is 12.6. The number of carboxylic acid groups (broad SMARTS) is 1. The van der Waals surface area contributed by atoms with Crippen LogP contribution in [0.5, 0.6) is 0 Å². The van der Waals surface area contributed by atoms with Crippen LogP contribution in [0.15, 0.2) is 53.1 Å². The molecule has 1 aliphatic heterocycles. The Bertz CT molecular complexity index is 892. The zero-order chi connectivity index (χ0) is 20.4. The summed E-state index contributed by atoms with van der Waals surface area (Å²) in [6.45, 7) is 0.275. The third kappa shape index (κ3) is 4.00. The SMILES string of the molecule is O=C(O)COC1(c2ccc(Br)cn2)CC2CC1CN2C(=O)OCc1ccccc1. The number of carbonyl (C=O) groups is 2. The number of aromatic nitrogens is 1. The number of pyridine rings is 1. The highest BCUT2D eigenvalue weighted by Crippen LogP contribution is 2.52. The van der Waals surface area contributed by atoms with E-state index in [1.54, 1.807) is 11.1 Å². The molecule has 1 aromatic carbocycles. The van der Waals surface area contributed by atoms with E-state index in [2.05, 4.69) is 20.9 Å². The van der Waals surface area contributed by atoms with E-state index in [1.165, 1.54) is 0 Å². The molecule has 1 saturated carbocycles. The molecule has 0 spiro atoms. The van der Waals surface area contributed by atoms with Crippen LogP contribution in [0.25, 0.3) is 0 Å².